The molecule has 3 aromatic rings. The van der Waals surface area contributed by atoms with Gasteiger partial charge in [-0.25, -0.2) is 9.07 Å². The van der Waals surface area contributed by atoms with Gasteiger partial charge in [-0.2, -0.15) is 5.10 Å². The number of nitrogens with zero attached hydrogens (tertiary/aromatic N) is 2. The Kier molecular flexibility index (Phi) is 4.56. The number of halogens is 1. The minimum absolute atomic E-state index is 0.198. The van der Waals surface area contributed by atoms with Crippen molar-refractivity contribution in [1.29, 1.82) is 0 Å². The Balaban J connectivity index is 1.76. The third-order valence-corrected chi connectivity index (χ3v) is 3.50. The number of nitrogens with one attached hydrogen (secondary N) is 1. The highest BCUT2D eigenvalue weighted by molar-refractivity contribution is 5.94. The fourth-order valence-electron chi connectivity index (χ4n) is 2.25. The van der Waals surface area contributed by atoms with Crippen molar-refractivity contribution in [2.75, 3.05) is 7.11 Å². The Bertz CT molecular complexity index is 829. The number of hydrogen-bond acceptors (Lipinski definition) is 3. The highest BCUT2D eigenvalue weighted by Crippen LogP contribution is 2.19. The van der Waals surface area contributed by atoms with Crippen molar-refractivity contribution < 1.29 is 13.9 Å². The lowest BCUT2D eigenvalue weighted by atomic mass is 10.2. The summed E-state index contributed by atoms with van der Waals surface area (Å²) < 4.78 is 19.7. The third kappa shape index (κ3) is 3.43. The largest absolute Gasteiger partial charge is 0.493 e. The Morgan fingerprint density at radius 2 is 1.88 bits per heavy atom. The normalized spacial score (nSPS) is 10.4. The van der Waals surface area contributed by atoms with Crippen molar-refractivity contribution in [1.82, 2.24) is 15.1 Å². The number of methoxy groups -OCH3 is 1. The summed E-state index contributed by atoms with van der Waals surface area (Å²) in [6, 6.07) is 15.4. The summed E-state index contributed by atoms with van der Waals surface area (Å²) in [5.74, 6) is -0.283. The summed E-state index contributed by atoms with van der Waals surface area (Å²) in [5.41, 5.74) is 1.82. The highest BCUT2D eigenvalue weighted by Gasteiger charge is 2.18. The number of para-hydroxylation sites is 1. The molecule has 2 aromatic carbocycles. The predicted octanol–water partition coefficient (Wildman–Crippen LogP) is 2.95. The van der Waals surface area contributed by atoms with Crippen LogP contribution in [-0.4, -0.2) is 22.8 Å². The van der Waals surface area contributed by atoms with Crippen molar-refractivity contribution in [3.05, 3.63) is 77.9 Å². The molecule has 0 fully saturated rings. The molecule has 1 heterocycles. The van der Waals surface area contributed by atoms with E-state index in [1.54, 1.807) is 23.0 Å². The topological polar surface area (TPSA) is 56.2 Å². The average molecular weight is 325 g/mol. The number of benzene rings is 2. The summed E-state index contributed by atoms with van der Waals surface area (Å²) in [6.07, 6.45) is 1.65. The van der Waals surface area contributed by atoms with E-state index in [0.29, 0.717) is 5.75 Å². The third-order valence-electron chi connectivity index (χ3n) is 3.50. The van der Waals surface area contributed by atoms with Gasteiger partial charge in [-0.1, -0.05) is 30.3 Å². The molecule has 122 valence electrons. The van der Waals surface area contributed by atoms with E-state index >= 15 is 0 Å². The van der Waals surface area contributed by atoms with E-state index in [9.17, 15) is 9.18 Å². The maximum absolute atomic E-state index is 12.9. The monoisotopic (exact) mass is 325 g/mol. The van der Waals surface area contributed by atoms with Crippen molar-refractivity contribution >= 4 is 5.91 Å². The lowest BCUT2D eigenvalue weighted by molar-refractivity contribution is 0.0942. The second-order valence-corrected chi connectivity index (χ2v) is 5.14. The molecule has 1 N–H and O–H groups in total. The molecule has 0 unspecified atom stereocenters. The van der Waals surface area contributed by atoms with E-state index in [4.69, 9.17) is 4.74 Å². The van der Waals surface area contributed by atoms with Gasteiger partial charge in [0.05, 0.1) is 19.0 Å². The number of ether oxygens (including phenoxy) is 1. The number of aromatic nitrogens is 2. The van der Waals surface area contributed by atoms with E-state index in [-0.39, 0.29) is 24.0 Å². The first-order valence-electron chi connectivity index (χ1n) is 7.39. The van der Waals surface area contributed by atoms with Gasteiger partial charge in [0.1, 0.15) is 5.82 Å². The molecule has 24 heavy (non-hydrogen) atoms. The molecule has 1 amide bonds. The van der Waals surface area contributed by atoms with Gasteiger partial charge in [0, 0.05) is 6.54 Å². The van der Waals surface area contributed by atoms with Crippen LogP contribution in [0, 0.1) is 5.82 Å². The van der Waals surface area contributed by atoms with Crippen LogP contribution >= 0.6 is 0 Å². The molecular weight excluding hydrogens is 309 g/mol. The van der Waals surface area contributed by atoms with Gasteiger partial charge >= 0.3 is 0 Å². The fourth-order valence-corrected chi connectivity index (χ4v) is 2.25. The highest BCUT2D eigenvalue weighted by atomic mass is 19.1. The standard InChI is InChI=1S/C18H16FN3O2/c1-24-16-12-22(15-5-3-2-4-6-15)21-17(16)18(23)20-11-13-7-9-14(19)10-8-13/h2-10,12H,11H2,1H3,(H,20,23). The summed E-state index contributed by atoms with van der Waals surface area (Å²) in [4.78, 5) is 12.4. The van der Waals surface area contributed by atoms with Gasteiger partial charge in [0.15, 0.2) is 11.4 Å². The van der Waals surface area contributed by atoms with Crippen LogP contribution in [0.15, 0.2) is 60.8 Å². The SMILES string of the molecule is COc1cn(-c2ccccc2)nc1C(=O)NCc1ccc(F)cc1. The van der Waals surface area contributed by atoms with Gasteiger partial charge in [-0.15, -0.1) is 0 Å². The molecule has 0 aliphatic heterocycles. The summed E-state index contributed by atoms with van der Waals surface area (Å²) in [7, 11) is 1.49. The molecule has 3 rings (SSSR count). The quantitative estimate of drug-likeness (QED) is 0.785. The number of rotatable bonds is 5. The summed E-state index contributed by atoms with van der Waals surface area (Å²) in [6.45, 7) is 0.278. The Labute approximate surface area is 138 Å². The number of carbonyl (C=O) groups is 1. The molecule has 0 saturated heterocycles. The summed E-state index contributed by atoms with van der Waals surface area (Å²) in [5, 5.41) is 7.05. The lowest BCUT2D eigenvalue weighted by Gasteiger charge is -2.04. The van der Waals surface area contributed by atoms with Gasteiger partial charge < -0.3 is 10.1 Å². The molecule has 0 radical (unpaired) electrons. The first kappa shape index (κ1) is 15.7. The van der Waals surface area contributed by atoms with Crippen LogP contribution in [0.4, 0.5) is 4.39 Å². The maximum atomic E-state index is 12.9. The molecule has 0 spiro atoms. The number of hydrogen-bond donors (Lipinski definition) is 1. The minimum Gasteiger partial charge on any atom is -0.493 e. The van der Waals surface area contributed by atoms with E-state index in [1.165, 1.54) is 19.2 Å². The van der Waals surface area contributed by atoms with E-state index < -0.39 is 0 Å². The fraction of sp³-hybridized carbons (Fsp3) is 0.111. The first-order valence-corrected chi connectivity index (χ1v) is 7.39. The Hall–Kier alpha value is -3.15. The van der Waals surface area contributed by atoms with E-state index in [1.807, 2.05) is 30.3 Å². The van der Waals surface area contributed by atoms with Crippen LogP contribution in [0.1, 0.15) is 16.1 Å². The van der Waals surface area contributed by atoms with Crippen molar-refractivity contribution in [2.45, 2.75) is 6.54 Å². The van der Waals surface area contributed by atoms with Crippen molar-refractivity contribution in [2.24, 2.45) is 0 Å². The average Bonchev–Trinajstić information content (AvgIpc) is 3.06. The second kappa shape index (κ2) is 6.95. The van der Waals surface area contributed by atoms with Crippen LogP contribution < -0.4 is 10.1 Å². The van der Waals surface area contributed by atoms with Crippen molar-refractivity contribution in [3.8, 4) is 11.4 Å². The zero-order chi connectivity index (χ0) is 16.9. The van der Waals surface area contributed by atoms with Crippen LogP contribution in [-0.2, 0) is 6.54 Å². The van der Waals surface area contributed by atoms with Crippen LogP contribution in [0.2, 0.25) is 0 Å². The van der Waals surface area contributed by atoms with Crippen LogP contribution in [0.3, 0.4) is 0 Å². The molecule has 0 aliphatic rings. The van der Waals surface area contributed by atoms with Gasteiger partial charge in [-0.3, -0.25) is 4.79 Å². The zero-order valence-corrected chi connectivity index (χ0v) is 13.1. The minimum atomic E-state index is -0.356. The lowest BCUT2D eigenvalue weighted by Crippen LogP contribution is -2.24. The van der Waals surface area contributed by atoms with E-state index in [2.05, 4.69) is 10.4 Å². The molecule has 0 aliphatic carbocycles. The van der Waals surface area contributed by atoms with Gasteiger partial charge in [0.2, 0.25) is 0 Å². The molecule has 0 bridgehead atoms. The molecular formula is C18H16FN3O2. The Morgan fingerprint density at radius 1 is 1.17 bits per heavy atom. The van der Waals surface area contributed by atoms with Crippen LogP contribution in [0.5, 0.6) is 5.75 Å². The molecule has 1 aromatic heterocycles. The summed E-state index contributed by atoms with van der Waals surface area (Å²) >= 11 is 0. The van der Waals surface area contributed by atoms with Crippen LogP contribution in [0.25, 0.3) is 5.69 Å². The van der Waals surface area contributed by atoms with Crippen molar-refractivity contribution in [3.63, 3.8) is 0 Å². The zero-order valence-electron chi connectivity index (χ0n) is 13.1. The molecule has 0 saturated carbocycles. The van der Waals surface area contributed by atoms with Gasteiger partial charge in [-0.05, 0) is 29.8 Å². The molecule has 6 heteroatoms. The van der Waals surface area contributed by atoms with E-state index in [0.717, 1.165) is 11.3 Å². The number of carbonyl (C=O) groups excluding carboxylic acids is 1. The number of amides is 1. The van der Waals surface area contributed by atoms with Gasteiger partial charge in [0.25, 0.3) is 5.91 Å². The molecule has 5 nitrogen and oxygen atoms in total. The predicted molar refractivity (Wildman–Crippen MR) is 87.7 cm³/mol. The Morgan fingerprint density at radius 3 is 2.54 bits per heavy atom. The maximum Gasteiger partial charge on any atom is 0.275 e. The smallest absolute Gasteiger partial charge is 0.275 e. The second-order valence-electron chi connectivity index (χ2n) is 5.14. The molecule has 0 atom stereocenters. The first-order chi connectivity index (χ1) is 11.7.